The first-order chi connectivity index (χ1) is 10.1. The van der Waals surface area contributed by atoms with Crippen LogP contribution in [-0.4, -0.2) is 39.7 Å². The Morgan fingerprint density at radius 3 is 2.33 bits per heavy atom. The van der Waals surface area contributed by atoms with Crippen LogP contribution in [0.3, 0.4) is 0 Å². The molecule has 1 aromatic heterocycles. The topological polar surface area (TPSA) is 106 Å². The molecule has 2 rings (SSSR count). The highest BCUT2D eigenvalue weighted by atomic mass is 16.6. The first-order valence-corrected chi connectivity index (χ1v) is 6.85. The Hall–Kier alpha value is -2.35. The summed E-state index contributed by atoms with van der Waals surface area (Å²) in [6.45, 7) is 9.00. The number of hydrogen-bond acceptors (Lipinski definition) is 7. The van der Waals surface area contributed by atoms with Gasteiger partial charge in [-0.25, -0.2) is 4.98 Å². The number of nitro benzene ring substituents is 1. The molecule has 0 spiro atoms. The van der Waals surface area contributed by atoms with Crippen LogP contribution >= 0.6 is 0 Å². The molecule has 0 saturated heterocycles. The standard InChI is InChI=1S/C9H9N5O2.C4H11N/c1-2-10-9-11-7-4-3-6(14(15)16)5-8(7)12-13-9;1-3-5-4-2/h3-5H,2H2,1H3,(H,10,11,13);5H,3-4H2,1-2H3. The van der Waals surface area contributed by atoms with Crippen molar-refractivity contribution in [1.82, 2.24) is 20.5 Å². The molecule has 0 unspecified atom stereocenters. The lowest BCUT2D eigenvalue weighted by atomic mass is 10.3. The zero-order chi connectivity index (χ0) is 15.7. The van der Waals surface area contributed by atoms with Gasteiger partial charge in [-0.05, 0) is 26.1 Å². The van der Waals surface area contributed by atoms with Crippen molar-refractivity contribution in [3.05, 3.63) is 28.3 Å². The molecule has 21 heavy (non-hydrogen) atoms. The molecular weight excluding hydrogens is 272 g/mol. The summed E-state index contributed by atoms with van der Waals surface area (Å²) in [6.07, 6.45) is 0. The number of aromatic nitrogens is 3. The molecule has 0 fully saturated rings. The van der Waals surface area contributed by atoms with E-state index in [1.165, 1.54) is 12.1 Å². The molecule has 0 aliphatic heterocycles. The number of nitro groups is 1. The van der Waals surface area contributed by atoms with E-state index in [9.17, 15) is 10.1 Å². The van der Waals surface area contributed by atoms with Crippen LogP contribution in [0.25, 0.3) is 11.0 Å². The van der Waals surface area contributed by atoms with Gasteiger partial charge < -0.3 is 10.6 Å². The summed E-state index contributed by atoms with van der Waals surface area (Å²) >= 11 is 0. The molecule has 1 aromatic carbocycles. The van der Waals surface area contributed by atoms with Crippen molar-refractivity contribution in [1.29, 1.82) is 0 Å². The second-order valence-corrected chi connectivity index (χ2v) is 4.05. The van der Waals surface area contributed by atoms with Crippen LogP contribution in [0.1, 0.15) is 20.8 Å². The molecule has 2 N–H and O–H groups in total. The maximum absolute atomic E-state index is 10.5. The average molecular weight is 292 g/mol. The summed E-state index contributed by atoms with van der Waals surface area (Å²) in [5, 5.41) is 24.2. The number of nitrogens with zero attached hydrogens (tertiary/aromatic N) is 4. The molecule has 2 aromatic rings. The predicted octanol–water partition coefficient (Wildman–Crippen LogP) is 1.98. The summed E-state index contributed by atoms with van der Waals surface area (Å²) in [5.74, 6) is 0.420. The van der Waals surface area contributed by atoms with Crippen molar-refractivity contribution in [2.75, 3.05) is 25.0 Å². The summed E-state index contributed by atoms with van der Waals surface area (Å²) in [4.78, 5) is 14.2. The predicted molar refractivity (Wildman–Crippen MR) is 82.4 cm³/mol. The zero-order valence-electron chi connectivity index (χ0n) is 12.5. The third-order valence-electron chi connectivity index (χ3n) is 2.48. The van der Waals surface area contributed by atoms with E-state index in [4.69, 9.17) is 0 Å². The summed E-state index contributed by atoms with van der Waals surface area (Å²) < 4.78 is 0. The third kappa shape index (κ3) is 5.27. The first-order valence-electron chi connectivity index (χ1n) is 6.85. The monoisotopic (exact) mass is 292 g/mol. The minimum atomic E-state index is -0.473. The minimum Gasteiger partial charge on any atom is -0.353 e. The molecule has 0 aliphatic carbocycles. The fourth-order valence-electron chi connectivity index (χ4n) is 1.52. The van der Waals surface area contributed by atoms with Crippen molar-refractivity contribution >= 4 is 22.7 Å². The lowest BCUT2D eigenvalue weighted by Crippen LogP contribution is -2.09. The number of non-ortho nitro benzene ring substituents is 1. The van der Waals surface area contributed by atoms with Gasteiger partial charge in [0, 0.05) is 18.7 Å². The maximum atomic E-state index is 10.5. The SMILES string of the molecule is CCNCC.CCNc1nnc2cc([N+](=O)[O-])ccc2n1. The van der Waals surface area contributed by atoms with Crippen LogP contribution in [-0.2, 0) is 0 Å². The van der Waals surface area contributed by atoms with Gasteiger partial charge in [0.2, 0.25) is 5.95 Å². The smallest absolute Gasteiger partial charge is 0.271 e. The number of benzene rings is 1. The fraction of sp³-hybridized carbons (Fsp3) is 0.462. The molecular formula is C13H20N6O2. The zero-order valence-corrected chi connectivity index (χ0v) is 12.5. The second-order valence-electron chi connectivity index (χ2n) is 4.05. The van der Waals surface area contributed by atoms with E-state index in [1.54, 1.807) is 6.07 Å². The number of rotatable bonds is 5. The van der Waals surface area contributed by atoms with Gasteiger partial charge in [-0.1, -0.05) is 13.8 Å². The Bertz CT molecular complexity index is 588. The Balaban J connectivity index is 0.000000383. The van der Waals surface area contributed by atoms with Gasteiger partial charge in [0.1, 0.15) is 5.52 Å². The van der Waals surface area contributed by atoms with Crippen molar-refractivity contribution < 1.29 is 4.92 Å². The lowest BCUT2D eigenvalue weighted by molar-refractivity contribution is -0.384. The van der Waals surface area contributed by atoms with E-state index >= 15 is 0 Å². The van der Waals surface area contributed by atoms with Crippen molar-refractivity contribution in [2.24, 2.45) is 0 Å². The number of hydrogen-bond donors (Lipinski definition) is 2. The van der Waals surface area contributed by atoms with E-state index < -0.39 is 4.92 Å². The Morgan fingerprint density at radius 1 is 1.10 bits per heavy atom. The van der Waals surface area contributed by atoms with Gasteiger partial charge in [0.15, 0.2) is 0 Å². The summed E-state index contributed by atoms with van der Waals surface area (Å²) in [5.41, 5.74) is 0.979. The summed E-state index contributed by atoms with van der Waals surface area (Å²) in [7, 11) is 0. The van der Waals surface area contributed by atoms with Crippen LogP contribution in [0, 0.1) is 10.1 Å². The normalized spacial score (nSPS) is 9.86. The van der Waals surface area contributed by atoms with Crippen LogP contribution in [0.4, 0.5) is 11.6 Å². The quantitative estimate of drug-likeness (QED) is 0.641. The van der Waals surface area contributed by atoms with E-state index in [2.05, 4.69) is 39.7 Å². The lowest BCUT2D eigenvalue weighted by Gasteiger charge is -2.01. The summed E-state index contributed by atoms with van der Waals surface area (Å²) in [6, 6.07) is 4.31. The van der Waals surface area contributed by atoms with Gasteiger partial charge in [-0.2, -0.15) is 0 Å². The molecule has 0 saturated carbocycles. The largest absolute Gasteiger partial charge is 0.353 e. The van der Waals surface area contributed by atoms with Crippen LogP contribution in [0.5, 0.6) is 0 Å². The molecule has 0 bridgehead atoms. The van der Waals surface area contributed by atoms with Crippen LogP contribution < -0.4 is 10.6 Å². The highest BCUT2D eigenvalue weighted by Crippen LogP contribution is 2.17. The van der Waals surface area contributed by atoms with Gasteiger partial charge >= 0.3 is 0 Å². The maximum Gasteiger partial charge on any atom is 0.271 e. The van der Waals surface area contributed by atoms with Gasteiger partial charge in [-0.3, -0.25) is 10.1 Å². The highest BCUT2D eigenvalue weighted by Gasteiger charge is 2.08. The third-order valence-corrected chi connectivity index (χ3v) is 2.48. The van der Waals surface area contributed by atoms with E-state index in [0.29, 0.717) is 23.5 Å². The number of nitrogens with one attached hydrogen (secondary N) is 2. The van der Waals surface area contributed by atoms with Crippen molar-refractivity contribution in [3.63, 3.8) is 0 Å². The molecule has 1 heterocycles. The van der Waals surface area contributed by atoms with Gasteiger partial charge in [0.05, 0.1) is 10.4 Å². The molecule has 0 atom stereocenters. The van der Waals surface area contributed by atoms with Crippen molar-refractivity contribution in [3.8, 4) is 0 Å². The van der Waals surface area contributed by atoms with Crippen molar-refractivity contribution in [2.45, 2.75) is 20.8 Å². The van der Waals surface area contributed by atoms with Gasteiger partial charge in [0.25, 0.3) is 5.69 Å². The van der Waals surface area contributed by atoms with Crippen LogP contribution in [0.15, 0.2) is 18.2 Å². The Labute approximate surface area is 123 Å². The molecule has 0 radical (unpaired) electrons. The Morgan fingerprint density at radius 2 is 1.81 bits per heavy atom. The molecule has 8 nitrogen and oxygen atoms in total. The molecule has 114 valence electrons. The first kappa shape index (κ1) is 16.7. The van der Waals surface area contributed by atoms with Gasteiger partial charge in [-0.15, -0.1) is 10.2 Å². The molecule has 0 amide bonds. The number of fused-ring (bicyclic) bond motifs is 1. The second kappa shape index (κ2) is 8.75. The molecule has 8 heteroatoms. The average Bonchev–Trinajstić information content (AvgIpc) is 2.48. The highest BCUT2D eigenvalue weighted by molar-refractivity contribution is 5.77. The molecule has 0 aliphatic rings. The minimum absolute atomic E-state index is 0.0141. The van der Waals surface area contributed by atoms with E-state index in [1.807, 2.05) is 6.92 Å². The Kier molecular flexibility index (Phi) is 6.96. The van der Waals surface area contributed by atoms with E-state index in [0.717, 1.165) is 13.1 Å². The number of anilines is 1. The van der Waals surface area contributed by atoms with Crippen LogP contribution in [0.2, 0.25) is 0 Å². The van der Waals surface area contributed by atoms with E-state index in [-0.39, 0.29) is 5.69 Å². The fourth-order valence-corrected chi connectivity index (χ4v) is 1.52.